The number of pyridine rings is 1. The summed E-state index contributed by atoms with van der Waals surface area (Å²) in [6, 6.07) is 9.26. The van der Waals surface area contributed by atoms with Crippen molar-refractivity contribution < 1.29 is 4.79 Å². The smallest absolute Gasteiger partial charge is 0.251 e. The van der Waals surface area contributed by atoms with Crippen LogP contribution in [0.4, 0.5) is 5.69 Å². The Kier molecular flexibility index (Phi) is 3.81. The lowest BCUT2D eigenvalue weighted by Crippen LogP contribution is -2.18. The molecule has 2 aromatic heterocycles. The lowest BCUT2D eigenvalue weighted by molar-refractivity contribution is -0.117. The number of aromatic amines is 1. The van der Waals surface area contributed by atoms with Crippen LogP contribution in [0.25, 0.3) is 10.9 Å². The van der Waals surface area contributed by atoms with Gasteiger partial charge >= 0.3 is 0 Å². The number of nitrogens with one attached hydrogen (secondary N) is 2. The van der Waals surface area contributed by atoms with Gasteiger partial charge in [0.05, 0.1) is 5.92 Å². The molecule has 0 saturated heterocycles. The molecule has 0 bridgehead atoms. The van der Waals surface area contributed by atoms with E-state index in [1.807, 2.05) is 35.9 Å². The summed E-state index contributed by atoms with van der Waals surface area (Å²) in [6.07, 6.45) is 0. The first kappa shape index (κ1) is 14.5. The third-order valence-electron chi connectivity index (χ3n) is 3.73. The van der Waals surface area contributed by atoms with Crippen molar-refractivity contribution >= 4 is 33.8 Å². The number of hydrogen-bond donors (Lipinski definition) is 2. The van der Waals surface area contributed by atoms with E-state index < -0.39 is 0 Å². The number of thiophene rings is 1. The number of amides is 1. The predicted molar refractivity (Wildman–Crippen MR) is 90.7 cm³/mol. The highest BCUT2D eigenvalue weighted by atomic mass is 32.1. The van der Waals surface area contributed by atoms with Crippen molar-refractivity contribution in [2.75, 3.05) is 5.32 Å². The van der Waals surface area contributed by atoms with Gasteiger partial charge in [-0.25, -0.2) is 0 Å². The summed E-state index contributed by atoms with van der Waals surface area (Å²) < 4.78 is 0. The molecule has 3 rings (SSSR count). The number of fused-ring (bicyclic) bond motifs is 1. The fourth-order valence-corrected chi connectivity index (χ4v) is 3.07. The molecule has 2 heterocycles. The second-order valence-corrected chi connectivity index (χ2v) is 6.13. The van der Waals surface area contributed by atoms with Crippen LogP contribution >= 0.6 is 11.3 Å². The summed E-state index contributed by atoms with van der Waals surface area (Å²) in [6.45, 7) is 3.65. The Morgan fingerprint density at radius 3 is 2.82 bits per heavy atom. The number of aryl methyl sites for hydroxylation is 1. The van der Waals surface area contributed by atoms with Crippen LogP contribution in [0, 0.1) is 6.92 Å². The van der Waals surface area contributed by atoms with Crippen LogP contribution in [-0.4, -0.2) is 10.9 Å². The Balaban J connectivity index is 1.86. The molecular formula is C17H16N2O2S. The van der Waals surface area contributed by atoms with Crippen molar-refractivity contribution in [3.05, 3.63) is 62.6 Å². The molecule has 3 aromatic rings. The molecule has 2 N–H and O–H groups in total. The van der Waals surface area contributed by atoms with Gasteiger partial charge in [-0.05, 0) is 60.5 Å². The van der Waals surface area contributed by atoms with Gasteiger partial charge in [0.2, 0.25) is 5.91 Å². The Labute approximate surface area is 131 Å². The SMILES string of the molecule is Cc1cc2cc(NC(=O)C(C)c3ccsc3)ccc2[nH]c1=O. The van der Waals surface area contributed by atoms with Crippen molar-refractivity contribution in [2.24, 2.45) is 0 Å². The second kappa shape index (κ2) is 5.77. The quantitative estimate of drug-likeness (QED) is 0.775. The third-order valence-corrected chi connectivity index (χ3v) is 4.44. The maximum Gasteiger partial charge on any atom is 0.251 e. The van der Waals surface area contributed by atoms with E-state index in [2.05, 4.69) is 10.3 Å². The summed E-state index contributed by atoms with van der Waals surface area (Å²) in [5, 5.41) is 7.78. The molecule has 22 heavy (non-hydrogen) atoms. The molecule has 4 nitrogen and oxygen atoms in total. The van der Waals surface area contributed by atoms with Gasteiger partial charge < -0.3 is 10.3 Å². The van der Waals surface area contributed by atoms with Crippen LogP contribution in [0.15, 0.2) is 45.9 Å². The number of aromatic nitrogens is 1. The monoisotopic (exact) mass is 312 g/mol. The largest absolute Gasteiger partial charge is 0.326 e. The highest BCUT2D eigenvalue weighted by Gasteiger charge is 2.15. The molecule has 1 aromatic carbocycles. The van der Waals surface area contributed by atoms with Gasteiger partial charge in [0.15, 0.2) is 0 Å². The summed E-state index contributed by atoms with van der Waals surface area (Å²) >= 11 is 1.58. The maximum absolute atomic E-state index is 12.3. The topological polar surface area (TPSA) is 62.0 Å². The standard InChI is InChI=1S/C17H16N2O2S/c1-10-7-13-8-14(3-4-15(13)19-16(10)20)18-17(21)11(2)12-5-6-22-9-12/h3-9,11H,1-2H3,(H,18,21)(H,19,20). The zero-order valence-corrected chi connectivity index (χ0v) is 13.2. The zero-order valence-electron chi connectivity index (χ0n) is 12.3. The van der Waals surface area contributed by atoms with Crippen LogP contribution in [0.3, 0.4) is 0 Å². The molecule has 1 unspecified atom stereocenters. The molecule has 5 heteroatoms. The Morgan fingerprint density at radius 2 is 2.09 bits per heavy atom. The van der Waals surface area contributed by atoms with Gasteiger partial charge in [0, 0.05) is 22.2 Å². The molecular weight excluding hydrogens is 296 g/mol. The zero-order chi connectivity index (χ0) is 15.7. The number of carbonyl (C=O) groups is 1. The van der Waals surface area contributed by atoms with Crippen LogP contribution < -0.4 is 10.9 Å². The fraction of sp³-hybridized carbons (Fsp3) is 0.176. The molecule has 112 valence electrons. The summed E-state index contributed by atoms with van der Waals surface area (Å²) in [7, 11) is 0. The molecule has 0 fully saturated rings. The van der Waals surface area contributed by atoms with Crippen molar-refractivity contribution in [3.8, 4) is 0 Å². The minimum atomic E-state index is -0.195. The molecule has 1 atom stereocenters. The predicted octanol–water partition coefficient (Wildman–Crippen LogP) is 3.64. The van der Waals surface area contributed by atoms with Crippen molar-refractivity contribution in [1.29, 1.82) is 0 Å². The first-order valence-corrected chi connectivity index (χ1v) is 7.95. The highest BCUT2D eigenvalue weighted by Crippen LogP contribution is 2.22. The van der Waals surface area contributed by atoms with Crippen molar-refractivity contribution in [3.63, 3.8) is 0 Å². The van der Waals surface area contributed by atoms with Crippen LogP contribution in [0.5, 0.6) is 0 Å². The molecule has 0 aliphatic rings. The number of anilines is 1. The highest BCUT2D eigenvalue weighted by molar-refractivity contribution is 7.08. The minimum absolute atomic E-state index is 0.0427. The molecule has 0 radical (unpaired) electrons. The summed E-state index contributed by atoms with van der Waals surface area (Å²) in [5.74, 6) is -0.238. The van der Waals surface area contributed by atoms with E-state index in [0.717, 1.165) is 22.2 Å². The van der Waals surface area contributed by atoms with E-state index in [1.54, 1.807) is 30.4 Å². The fourth-order valence-electron chi connectivity index (χ4n) is 2.32. The number of hydrogen-bond acceptors (Lipinski definition) is 3. The van der Waals surface area contributed by atoms with Gasteiger partial charge in [-0.1, -0.05) is 0 Å². The van der Waals surface area contributed by atoms with E-state index in [1.165, 1.54) is 0 Å². The van der Waals surface area contributed by atoms with Crippen LogP contribution in [0.1, 0.15) is 24.0 Å². The molecule has 1 amide bonds. The summed E-state index contributed by atoms with van der Waals surface area (Å²) in [5.41, 5.74) is 3.08. The number of rotatable bonds is 3. The van der Waals surface area contributed by atoms with Crippen molar-refractivity contribution in [2.45, 2.75) is 19.8 Å². The lowest BCUT2D eigenvalue weighted by atomic mass is 10.0. The van der Waals surface area contributed by atoms with Gasteiger partial charge in [0.1, 0.15) is 0 Å². The average Bonchev–Trinajstić information content (AvgIpc) is 3.02. The Morgan fingerprint density at radius 1 is 1.27 bits per heavy atom. The number of H-pyrrole nitrogens is 1. The number of carbonyl (C=O) groups excluding carboxylic acids is 1. The summed E-state index contributed by atoms with van der Waals surface area (Å²) in [4.78, 5) is 26.7. The molecule has 0 saturated carbocycles. The molecule has 0 aliphatic heterocycles. The average molecular weight is 312 g/mol. The van der Waals surface area contributed by atoms with E-state index >= 15 is 0 Å². The van der Waals surface area contributed by atoms with Crippen LogP contribution in [-0.2, 0) is 4.79 Å². The van der Waals surface area contributed by atoms with Crippen LogP contribution in [0.2, 0.25) is 0 Å². The Bertz CT molecular complexity index is 881. The first-order valence-electron chi connectivity index (χ1n) is 7.01. The molecule has 0 aliphatic carbocycles. The normalized spacial score (nSPS) is 12.3. The maximum atomic E-state index is 12.3. The molecule has 0 spiro atoms. The second-order valence-electron chi connectivity index (χ2n) is 5.35. The van der Waals surface area contributed by atoms with Gasteiger partial charge in [-0.3, -0.25) is 9.59 Å². The number of benzene rings is 1. The van der Waals surface area contributed by atoms with Crippen molar-refractivity contribution in [1.82, 2.24) is 4.98 Å². The van der Waals surface area contributed by atoms with Gasteiger partial charge in [-0.15, -0.1) is 0 Å². The van der Waals surface area contributed by atoms with E-state index in [9.17, 15) is 9.59 Å². The lowest BCUT2D eigenvalue weighted by Gasteiger charge is -2.11. The first-order chi connectivity index (χ1) is 10.5. The Hall–Kier alpha value is -2.40. The van der Waals surface area contributed by atoms with Gasteiger partial charge in [-0.2, -0.15) is 11.3 Å². The minimum Gasteiger partial charge on any atom is -0.326 e. The van der Waals surface area contributed by atoms with E-state index in [4.69, 9.17) is 0 Å². The van der Waals surface area contributed by atoms with E-state index in [-0.39, 0.29) is 17.4 Å². The van der Waals surface area contributed by atoms with E-state index in [0.29, 0.717) is 5.56 Å². The van der Waals surface area contributed by atoms with Gasteiger partial charge in [0.25, 0.3) is 5.56 Å². The third kappa shape index (κ3) is 2.80.